The number of halogens is 3. The van der Waals surface area contributed by atoms with Crippen molar-refractivity contribution >= 4 is 38.0 Å². The highest BCUT2D eigenvalue weighted by molar-refractivity contribution is 7.87. The molecule has 0 radical (unpaired) electrons. The average molecular weight is 430 g/mol. The molecule has 3 aromatic heterocycles. The van der Waals surface area contributed by atoms with E-state index in [1.165, 1.54) is 19.5 Å². The lowest BCUT2D eigenvalue weighted by Gasteiger charge is -2.11. The van der Waals surface area contributed by atoms with E-state index >= 15 is 0 Å². The summed E-state index contributed by atoms with van der Waals surface area (Å²) < 4.78 is 58.8. The third-order valence-electron chi connectivity index (χ3n) is 3.93. The van der Waals surface area contributed by atoms with Crippen LogP contribution in [0.4, 0.5) is 18.9 Å². The summed E-state index contributed by atoms with van der Waals surface area (Å²) in [6.07, 6.45) is -1.32. The third-order valence-corrected chi connectivity index (χ3v) is 6.93. The topological polar surface area (TPSA) is 91.0 Å². The molecule has 3 aromatic rings. The van der Waals surface area contributed by atoms with E-state index in [1.807, 2.05) is 0 Å². The van der Waals surface area contributed by atoms with Crippen LogP contribution in [0, 0.1) is 6.92 Å². The van der Waals surface area contributed by atoms with Gasteiger partial charge < -0.3 is 10.5 Å². The first-order valence-corrected chi connectivity index (χ1v) is 10.3. The Morgan fingerprint density at radius 3 is 2.57 bits per heavy atom. The molecule has 150 valence electrons. The van der Waals surface area contributed by atoms with Crippen molar-refractivity contribution in [1.82, 2.24) is 15.0 Å². The minimum Gasteiger partial charge on any atom is -0.396 e. The minimum atomic E-state index is -4.65. The molecule has 2 N–H and O–H groups in total. The van der Waals surface area contributed by atoms with E-state index in [9.17, 15) is 17.4 Å². The number of thiophene rings is 1. The van der Waals surface area contributed by atoms with Crippen LogP contribution < -0.4 is 5.73 Å². The Morgan fingerprint density at radius 1 is 1.29 bits per heavy atom. The Balaban J connectivity index is 2.15. The second kappa shape index (κ2) is 8.10. The number of anilines is 1. The van der Waals surface area contributed by atoms with E-state index in [0.717, 1.165) is 17.4 Å². The monoisotopic (exact) mass is 430 g/mol. The maximum absolute atomic E-state index is 13.7. The fourth-order valence-corrected chi connectivity index (χ4v) is 5.22. The fraction of sp³-hybridized carbons (Fsp3) is 0.353. The number of nitrogen functional groups attached to an aromatic ring is 1. The van der Waals surface area contributed by atoms with Crippen LogP contribution in [-0.4, -0.2) is 38.6 Å². The van der Waals surface area contributed by atoms with Crippen LogP contribution in [-0.2, 0) is 21.7 Å². The van der Waals surface area contributed by atoms with Crippen LogP contribution >= 0.6 is 11.3 Å². The zero-order chi connectivity index (χ0) is 20.5. The molecule has 0 saturated heterocycles. The Morgan fingerprint density at radius 2 is 1.96 bits per heavy atom. The predicted molar refractivity (Wildman–Crippen MR) is 103 cm³/mol. The van der Waals surface area contributed by atoms with Crippen LogP contribution in [0.2, 0.25) is 0 Å². The highest BCUT2D eigenvalue weighted by Gasteiger charge is 2.36. The third kappa shape index (κ3) is 4.15. The quantitative estimate of drug-likeness (QED) is 0.598. The maximum atomic E-state index is 13.7. The van der Waals surface area contributed by atoms with Gasteiger partial charge in [-0.2, -0.15) is 13.2 Å². The number of hydrogen-bond acceptors (Lipinski definition) is 7. The van der Waals surface area contributed by atoms with Crippen molar-refractivity contribution in [3.63, 3.8) is 0 Å². The van der Waals surface area contributed by atoms with Gasteiger partial charge in [-0.25, -0.2) is 15.0 Å². The van der Waals surface area contributed by atoms with E-state index in [1.54, 1.807) is 6.92 Å². The molecule has 0 aliphatic heterocycles. The number of aryl methyl sites for hydroxylation is 1. The number of methoxy groups -OCH3 is 1. The summed E-state index contributed by atoms with van der Waals surface area (Å²) in [6.45, 7) is 2.08. The van der Waals surface area contributed by atoms with Crippen molar-refractivity contribution < 1.29 is 22.1 Å². The van der Waals surface area contributed by atoms with E-state index in [2.05, 4.69) is 15.0 Å². The summed E-state index contributed by atoms with van der Waals surface area (Å²) in [6, 6.07) is 0.928. The molecule has 3 heterocycles. The molecule has 1 unspecified atom stereocenters. The average Bonchev–Trinajstić information content (AvgIpc) is 2.97. The number of hydrogen-bond donors (Lipinski definition) is 1. The molecule has 0 aromatic carbocycles. The number of aromatic nitrogens is 3. The highest BCUT2D eigenvalue weighted by atomic mass is 32.2. The van der Waals surface area contributed by atoms with Gasteiger partial charge in [0.15, 0.2) is 0 Å². The first-order valence-electron chi connectivity index (χ1n) is 8.19. The fourth-order valence-electron chi connectivity index (χ4n) is 2.59. The van der Waals surface area contributed by atoms with Crippen LogP contribution in [0.5, 0.6) is 0 Å². The normalized spacial score (nSPS) is 13.2. The molecule has 0 fully saturated rings. The molecule has 11 heteroatoms. The molecular formula is C17H17F3N4O2S2. The number of nitrogens with zero attached hydrogens (tertiary/aromatic N) is 3. The van der Waals surface area contributed by atoms with E-state index in [-0.39, 0.29) is 31.6 Å². The van der Waals surface area contributed by atoms with Gasteiger partial charge in [-0.05, 0) is 19.4 Å². The highest BCUT2D eigenvalue weighted by Crippen LogP contribution is 2.44. The van der Waals surface area contributed by atoms with Gasteiger partial charge in [0.2, 0.25) is 0 Å². The van der Waals surface area contributed by atoms with Gasteiger partial charge >= 0.3 is 6.18 Å². The van der Waals surface area contributed by atoms with Crippen molar-refractivity contribution in [2.45, 2.75) is 23.7 Å². The number of pyridine rings is 1. The van der Waals surface area contributed by atoms with Crippen molar-refractivity contribution in [3.05, 3.63) is 29.8 Å². The molecular weight excluding hydrogens is 413 g/mol. The molecule has 0 spiro atoms. The van der Waals surface area contributed by atoms with Crippen LogP contribution in [0.3, 0.4) is 0 Å². The van der Waals surface area contributed by atoms with Crippen LogP contribution in [0.15, 0.2) is 22.7 Å². The van der Waals surface area contributed by atoms with Gasteiger partial charge in [0.1, 0.15) is 14.9 Å². The van der Waals surface area contributed by atoms with Crippen LogP contribution in [0.1, 0.15) is 17.8 Å². The lowest BCUT2D eigenvalue weighted by Crippen LogP contribution is -2.08. The smallest absolute Gasteiger partial charge is 0.396 e. The molecule has 0 aliphatic carbocycles. The lowest BCUT2D eigenvalue weighted by molar-refractivity contribution is -0.136. The van der Waals surface area contributed by atoms with Gasteiger partial charge in [-0.3, -0.25) is 4.21 Å². The molecule has 0 amide bonds. The summed E-state index contributed by atoms with van der Waals surface area (Å²) >= 11 is 0.914. The number of alkyl halides is 3. The number of nitrogens with two attached hydrogens (primary N) is 1. The summed E-state index contributed by atoms with van der Waals surface area (Å²) in [5.41, 5.74) is 5.36. The number of fused-ring (bicyclic) bond motifs is 1. The van der Waals surface area contributed by atoms with Crippen molar-refractivity contribution in [1.29, 1.82) is 0 Å². The minimum absolute atomic E-state index is 0.0813. The van der Waals surface area contributed by atoms with Crippen molar-refractivity contribution in [3.8, 4) is 11.3 Å². The summed E-state index contributed by atoms with van der Waals surface area (Å²) in [7, 11) is -0.0165. The molecule has 0 aliphatic rings. The van der Waals surface area contributed by atoms with E-state index < -0.39 is 22.5 Å². The van der Waals surface area contributed by atoms with E-state index in [4.69, 9.17) is 10.5 Å². The second-order valence-electron chi connectivity index (χ2n) is 5.95. The molecule has 0 bridgehead atoms. The summed E-state index contributed by atoms with van der Waals surface area (Å²) in [5.74, 6) is 0.736. The molecule has 0 saturated carbocycles. The van der Waals surface area contributed by atoms with Gasteiger partial charge in [0.05, 0.1) is 27.7 Å². The van der Waals surface area contributed by atoms with Crippen LogP contribution in [0.25, 0.3) is 21.5 Å². The van der Waals surface area contributed by atoms with Crippen molar-refractivity contribution in [2.24, 2.45) is 0 Å². The number of rotatable bonds is 6. The number of ether oxygens (including phenoxy) is 1. The van der Waals surface area contributed by atoms with Gasteiger partial charge in [-0.1, -0.05) is 0 Å². The van der Waals surface area contributed by atoms with Gasteiger partial charge in [0, 0.05) is 42.8 Å². The molecule has 6 nitrogen and oxygen atoms in total. The zero-order valence-corrected chi connectivity index (χ0v) is 16.7. The Hall–Kier alpha value is -2.11. The predicted octanol–water partition coefficient (Wildman–Crippen LogP) is 3.81. The summed E-state index contributed by atoms with van der Waals surface area (Å²) in [5, 5.41) is -0.218. The zero-order valence-electron chi connectivity index (χ0n) is 15.0. The first-order chi connectivity index (χ1) is 13.2. The Bertz CT molecular complexity index is 1020. The van der Waals surface area contributed by atoms with Gasteiger partial charge in [0.25, 0.3) is 0 Å². The van der Waals surface area contributed by atoms with Gasteiger partial charge in [-0.15, -0.1) is 11.3 Å². The summed E-state index contributed by atoms with van der Waals surface area (Å²) in [4.78, 5) is 12.4. The molecule has 28 heavy (non-hydrogen) atoms. The lowest BCUT2D eigenvalue weighted by atomic mass is 10.1. The standard InChI is InChI=1S/C17H17F3N4O2S2/c1-9-22-7-10(8-23-9)12-6-11(17(18,19)20)13-14(21)16(27-15(13)24-12)28(25)5-3-4-26-2/h6-8H,3-5,21H2,1-2H3. The largest absolute Gasteiger partial charge is 0.417 e. The second-order valence-corrected chi connectivity index (χ2v) is 8.72. The Kier molecular flexibility index (Phi) is 5.96. The van der Waals surface area contributed by atoms with E-state index in [0.29, 0.717) is 24.4 Å². The first kappa shape index (κ1) is 20.6. The maximum Gasteiger partial charge on any atom is 0.417 e. The molecule has 3 rings (SSSR count). The molecule has 1 atom stereocenters. The SMILES string of the molecule is COCCCS(=O)c1sc2nc(-c3cnc(C)nc3)cc(C(F)(F)F)c2c1N. The van der Waals surface area contributed by atoms with Crippen molar-refractivity contribution in [2.75, 3.05) is 25.2 Å². The Labute approximate surface area is 165 Å².